The second kappa shape index (κ2) is 9.86. The Hall–Kier alpha value is -3.68. The van der Waals surface area contributed by atoms with Crippen LogP contribution in [-0.4, -0.2) is 43.5 Å². The van der Waals surface area contributed by atoms with Crippen LogP contribution in [0.5, 0.6) is 0 Å². The number of nitrogens with one attached hydrogen (secondary N) is 3. The first-order valence-corrected chi connectivity index (χ1v) is 8.56. The average molecular weight is 383 g/mol. The molecule has 0 spiro atoms. The van der Waals surface area contributed by atoms with Crippen molar-refractivity contribution < 1.29 is 23.9 Å². The zero-order valence-electron chi connectivity index (χ0n) is 15.5. The van der Waals surface area contributed by atoms with Crippen LogP contribution in [-0.2, 0) is 14.3 Å². The third-order valence-corrected chi connectivity index (χ3v) is 3.79. The molecule has 2 aromatic carbocycles. The topological polar surface area (TPSA) is 114 Å². The average Bonchev–Trinajstić information content (AvgIpc) is 2.72. The summed E-state index contributed by atoms with van der Waals surface area (Å²) < 4.78 is 4.88. The molecule has 0 saturated carbocycles. The fourth-order valence-corrected chi connectivity index (χ4v) is 2.27. The van der Waals surface area contributed by atoms with E-state index in [4.69, 9.17) is 4.74 Å². The summed E-state index contributed by atoms with van der Waals surface area (Å²) in [5.41, 5.74) is 2.38. The van der Waals surface area contributed by atoms with Crippen molar-refractivity contribution in [1.82, 2.24) is 16.0 Å². The fourth-order valence-electron chi connectivity index (χ4n) is 2.27. The Kier molecular flexibility index (Phi) is 7.27. The van der Waals surface area contributed by atoms with Gasteiger partial charge in [0.2, 0.25) is 0 Å². The zero-order chi connectivity index (χ0) is 20.5. The molecule has 8 nitrogen and oxygen atoms in total. The number of imide groups is 1. The highest BCUT2D eigenvalue weighted by molar-refractivity contribution is 5.98. The second-order valence-corrected chi connectivity index (χ2v) is 5.83. The number of carbonyl (C=O) groups excluding carboxylic acids is 4. The van der Waals surface area contributed by atoms with Crippen molar-refractivity contribution in [2.75, 3.05) is 13.6 Å². The quantitative estimate of drug-likeness (QED) is 0.654. The van der Waals surface area contributed by atoms with E-state index in [9.17, 15) is 19.2 Å². The smallest absolute Gasteiger partial charge is 0.326 e. The number of urea groups is 1. The van der Waals surface area contributed by atoms with Gasteiger partial charge >= 0.3 is 12.0 Å². The maximum absolute atomic E-state index is 12.1. The summed E-state index contributed by atoms with van der Waals surface area (Å²) in [5, 5.41) is 6.63. The van der Waals surface area contributed by atoms with Crippen LogP contribution >= 0.6 is 0 Å². The molecule has 3 N–H and O–H groups in total. The molecule has 0 bridgehead atoms. The summed E-state index contributed by atoms with van der Waals surface area (Å²) in [6, 6.07) is 15.9. The van der Waals surface area contributed by atoms with Crippen LogP contribution in [0.4, 0.5) is 4.79 Å². The first kappa shape index (κ1) is 20.6. The number of hydrogen-bond donors (Lipinski definition) is 3. The molecule has 8 heteroatoms. The molecule has 0 saturated heterocycles. The Labute approximate surface area is 162 Å². The van der Waals surface area contributed by atoms with Gasteiger partial charge in [-0.05, 0) is 30.2 Å². The molecule has 4 amide bonds. The predicted molar refractivity (Wildman–Crippen MR) is 102 cm³/mol. The molecule has 0 unspecified atom stereocenters. The van der Waals surface area contributed by atoms with Crippen LogP contribution in [0, 0.1) is 0 Å². The zero-order valence-corrected chi connectivity index (χ0v) is 15.5. The molecule has 0 aliphatic heterocycles. The van der Waals surface area contributed by atoms with E-state index in [1.807, 2.05) is 47.8 Å². The van der Waals surface area contributed by atoms with Crippen molar-refractivity contribution in [2.45, 2.75) is 13.0 Å². The summed E-state index contributed by atoms with van der Waals surface area (Å²) in [5.74, 6) is -2.01. The maximum atomic E-state index is 12.1. The van der Waals surface area contributed by atoms with Gasteiger partial charge < -0.3 is 15.4 Å². The number of rotatable bonds is 6. The molecule has 0 aliphatic rings. The number of benzene rings is 2. The molecular formula is C20H21N3O5. The number of ether oxygens (including phenoxy) is 1. The normalized spacial score (nSPS) is 11.1. The Bertz CT molecular complexity index is 850. The number of hydrogen-bond acceptors (Lipinski definition) is 5. The molecule has 0 aromatic heterocycles. The minimum atomic E-state index is -1.17. The van der Waals surface area contributed by atoms with Crippen molar-refractivity contribution >= 4 is 23.8 Å². The van der Waals surface area contributed by atoms with Gasteiger partial charge in [0.05, 0.1) is 0 Å². The van der Waals surface area contributed by atoms with E-state index in [0.717, 1.165) is 11.1 Å². The van der Waals surface area contributed by atoms with Crippen molar-refractivity contribution in [1.29, 1.82) is 0 Å². The lowest BCUT2D eigenvalue weighted by Gasteiger charge is -2.13. The van der Waals surface area contributed by atoms with Gasteiger partial charge in [0.15, 0.2) is 6.10 Å². The molecule has 1 atom stereocenters. The Balaban J connectivity index is 1.83. The predicted octanol–water partition coefficient (Wildman–Crippen LogP) is 1.47. The summed E-state index contributed by atoms with van der Waals surface area (Å²) in [6.07, 6.45) is -1.17. The number of amides is 4. The minimum Gasteiger partial charge on any atom is -0.451 e. The minimum absolute atomic E-state index is 0.387. The summed E-state index contributed by atoms with van der Waals surface area (Å²) in [7, 11) is 1.35. The molecule has 28 heavy (non-hydrogen) atoms. The van der Waals surface area contributed by atoms with Gasteiger partial charge in [-0.15, -0.1) is 0 Å². The second-order valence-electron chi connectivity index (χ2n) is 5.83. The van der Waals surface area contributed by atoms with Crippen molar-refractivity contribution in [3.63, 3.8) is 0 Å². The molecule has 146 valence electrons. The van der Waals surface area contributed by atoms with Crippen LogP contribution in [0.1, 0.15) is 17.3 Å². The van der Waals surface area contributed by atoms with Gasteiger partial charge in [0.25, 0.3) is 11.8 Å². The van der Waals surface area contributed by atoms with Crippen LogP contribution in [0.3, 0.4) is 0 Å². The Morgan fingerprint density at radius 3 is 2.14 bits per heavy atom. The highest BCUT2D eigenvalue weighted by atomic mass is 16.5. The number of esters is 1. The van der Waals surface area contributed by atoms with E-state index in [1.54, 1.807) is 12.1 Å². The lowest BCUT2D eigenvalue weighted by Crippen LogP contribution is -2.44. The van der Waals surface area contributed by atoms with Gasteiger partial charge in [-0.2, -0.15) is 0 Å². The molecule has 2 rings (SSSR count). The standard InChI is InChI=1S/C20H21N3O5/c1-13(18(25)23-20(27)21-2)28-17(24)12-22-19(26)16-10-8-15(9-11-16)14-6-4-3-5-7-14/h3-11,13H,12H2,1-2H3,(H,22,26)(H2,21,23,25,27)/t13-/m0/s1. The maximum Gasteiger partial charge on any atom is 0.326 e. The monoisotopic (exact) mass is 383 g/mol. The van der Waals surface area contributed by atoms with E-state index in [1.165, 1.54) is 14.0 Å². The molecule has 2 aromatic rings. The van der Waals surface area contributed by atoms with E-state index in [2.05, 4.69) is 10.6 Å². The van der Waals surface area contributed by atoms with E-state index in [-0.39, 0.29) is 0 Å². The van der Waals surface area contributed by atoms with Gasteiger partial charge in [-0.1, -0.05) is 42.5 Å². The Morgan fingerprint density at radius 1 is 0.929 bits per heavy atom. The highest BCUT2D eigenvalue weighted by Crippen LogP contribution is 2.19. The van der Waals surface area contributed by atoms with Crippen molar-refractivity contribution in [3.05, 3.63) is 60.2 Å². The van der Waals surface area contributed by atoms with Gasteiger partial charge in [-0.25, -0.2) is 4.79 Å². The first-order chi connectivity index (χ1) is 13.4. The third kappa shape index (κ3) is 5.94. The van der Waals surface area contributed by atoms with E-state index in [0.29, 0.717) is 5.56 Å². The van der Waals surface area contributed by atoms with Crippen molar-refractivity contribution in [2.24, 2.45) is 0 Å². The van der Waals surface area contributed by atoms with Crippen molar-refractivity contribution in [3.8, 4) is 11.1 Å². The molecule has 0 heterocycles. The molecule has 0 radical (unpaired) electrons. The third-order valence-electron chi connectivity index (χ3n) is 3.79. The lowest BCUT2D eigenvalue weighted by molar-refractivity contribution is -0.153. The SMILES string of the molecule is CNC(=O)NC(=O)[C@H](C)OC(=O)CNC(=O)c1ccc(-c2ccccc2)cc1. The summed E-state index contributed by atoms with van der Waals surface area (Å²) in [4.78, 5) is 46.6. The van der Waals surface area contributed by atoms with Gasteiger partial charge in [0.1, 0.15) is 6.54 Å². The fraction of sp³-hybridized carbons (Fsp3) is 0.200. The lowest BCUT2D eigenvalue weighted by atomic mass is 10.0. The van der Waals surface area contributed by atoms with E-state index < -0.39 is 36.5 Å². The summed E-state index contributed by atoms with van der Waals surface area (Å²) >= 11 is 0. The van der Waals surface area contributed by atoms with Gasteiger partial charge in [0, 0.05) is 12.6 Å². The Morgan fingerprint density at radius 2 is 1.54 bits per heavy atom. The van der Waals surface area contributed by atoms with Crippen LogP contribution in [0.25, 0.3) is 11.1 Å². The van der Waals surface area contributed by atoms with Crippen LogP contribution in [0.2, 0.25) is 0 Å². The molecular weight excluding hydrogens is 362 g/mol. The first-order valence-electron chi connectivity index (χ1n) is 8.56. The van der Waals surface area contributed by atoms with E-state index >= 15 is 0 Å². The molecule has 0 aliphatic carbocycles. The van der Waals surface area contributed by atoms with Crippen LogP contribution in [0.15, 0.2) is 54.6 Å². The molecule has 0 fully saturated rings. The van der Waals surface area contributed by atoms with Gasteiger partial charge in [-0.3, -0.25) is 19.7 Å². The highest BCUT2D eigenvalue weighted by Gasteiger charge is 2.20. The summed E-state index contributed by atoms with van der Waals surface area (Å²) in [6.45, 7) is 0.914. The largest absolute Gasteiger partial charge is 0.451 e. The van der Waals surface area contributed by atoms with Crippen LogP contribution < -0.4 is 16.0 Å². The number of carbonyl (C=O) groups is 4.